The fourth-order valence-electron chi connectivity index (χ4n) is 1.62. The predicted octanol–water partition coefficient (Wildman–Crippen LogP) is 4.72. The lowest BCUT2D eigenvalue weighted by molar-refractivity contribution is 0.144. The number of halogens is 3. The normalized spacial score (nSPS) is 12.7. The van der Waals surface area contributed by atoms with Crippen LogP contribution >= 0.6 is 34.8 Å². The molecule has 18 heavy (non-hydrogen) atoms. The van der Waals surface area contributed by atoms with Gasteiger partial charge in [0.25, 0.3) is 0 Å². The summed E-state index contributed by atoms with van der Waals surface area (Å²) in [6, 6.07) is 3.80. The first-order chi connectivity index (χ1) is 8.57. The Labute approximate surface area is 124 Å². The molecule has 0 radical (unpaired) electrons. The van der Waals surface area contributed by atoms with E-state index in [-0.39, 0.29) is 6.04 Å². The van der Waals surface area contributed by atoms with Crippen LogP contribution in [-0.4, -0.2) is 19.8 Å². The molecule has 0 heterocycles. The van der Waals surface area contributed by atoms with Gasteiger partial charge in [0, 0.05) is 19.3 Å². The molecule has 0 spiro atoms. The molecule has 0 saturated carbocycles. The fourth-order valence-corrected chi connectivity index (χ4v) is 2.33. The molecule has 1 aromatic carbocycles. The number of nitrogens with one attached hydrogen (secondary N) is 1. The van der Waals surface area contributed by atoms with E-state index < -0.39 is 0 Å². The molecule has 1 aromatic rings. The standard InChI is InChI=1S/C13H18Cl3NO/c1-3-18-8-4-7-17-9(2)10-5-6-11(14)13(16)12(10)15/h5-6,9,17H,3-4,7-8H2,1-2H3. The van der Waals surface area contributed by atoms with Gasteiger partial charge < -0.3 is 10.1 Å². The molecule has 102 valence electrons. The van der Waals surface area contributed by atoms with Crippen molar-refractivity contribution < 1.29 is 4.74 Å². The first-order valence-corrected chi connectivity index (χ1v) is 7.15. The Morgan fingerprint density at radius 1 is 1.22 bits per heavy atom. The number of rotatable bonds is 7. The maximum Gasteiger partial charge on any atom is 0.0781 e. The molecule has 1 rings (SSSR count). The predicted molar refractivity (Wildman–Crippen MR) is 79.0 cm³/mol. The van der Waals surface area contributed by atoms with Crippen molar-refractivity contribution in [2.75, 3.05) is 19.8 Å². The van der Waals surface area contributed by atoms with E-state index in [0.29, 0.717) is 15.1 Å². The van der Waals surface area contributed by atoms with Crippen LogP contribution in [0, 0.1) is 0 Å². The van der Waals surface area contributed by atoms with E-state index in [1.54, 1.807) is 6.07 Å². The monoisotopic (exact) mass is 309 g/mol. The summed E-state index contributed by atoms with van der Waals surface area (Å²) in [5.74, 6) is 0. The molecule has 0 fully saturated rings. The van der Waals surface area contributed by atoms with Crippen molar-refractivity contribution in [3.63, 3.8) is 0 Å². The maximum absolute atomic E-state index is 6.17. The van der Waals surface area contributed by atoms with Gasteiger partial charge in [-0.2, -0.15) is 0 Å². The molecule has 0 aliphatic rings. The summed E-state index contributed by atoms with van der Waals surface area (Å²) in [5, 5.41) is 4.80. The highest BCUT2D eigenvalue weighted by molar-refractivity contribution is 6.48. The number of hydrogen-bond donors (Lipinski definition) is 1. The second-order valence-electron chi connectivity index (χ2n) is 3.99. The quantitative estimate of drug-likeness (QED) is 0.581. The van der Waals surface area contributed by atoms with Gasteiger partial charge in [-0.15, -0.1) is 0 Å². The Morgan fingerprint density at radius 2 is 1.94 bits per heavy atom. The van der Waals surface area contributed by atoms with Crippen molar-refractivity contribution >= 4 is 34.8 Å². The lowest BCUT2D eigenvalue weighted by Gasteiger charge is -2.16. The third kappa shape index (κ3) is 4.60. The van der Waals surface area contributed by atoms with Crippen LogP contribution in [0.3, 0.4) is 0 Å². The van der Waals surface area contributed by atoms with Crippen molar-refractivity contribution in [3.8, 4) is 0 Å². The Morgan fingerprint density at radius 3 is 2.61 bits per heavy atom. The summed E-state index contributed by atoms with van der Waals surface area (Å²) in [5.41, 5.74) is 0.961. The molecule has 0 amide bonds. The zero-order chi connectivity index (χ0) is 13.5. The third-order valence-corrected chi connectivity index (χ3v) is 3.96. The van der Waals surface area contributed by atoms with Gasteiger partial charge in [-0.25, -0.2) is 0 Å². The fraction of sp³-hybridized carbons (Fsp3) is 0.538. The van der Waals surface area contributed by atoms with Crippen molar-refractivity contribution in [2.45, 2.75) is 26.3 Å². The summed E-state index contributed by atoms with van der Waals surface area (Å²) in [6.07, 6.45) is 0.969. The molecule has 0 saturated heterocycles. The van der Waals surface area contributed by atoms with Crippen LogP contribution in [0.4, 0.5) is 0 Å². The van der Waals surface area contributed by atoms with E-state index in [1.165, 1.54) is 0 Å². The first-order valence-electron chi connectivity index (χ1n) is 6.02. The smallest absolute Gasteiger partial charge is 0.0781 e. The maximum atomic E-state index is 6.17. The van der Waals surface area contributed by atoms with Crippen LogP contribution in [0.1, 0.15) is 31.9 Å². The zero-order valence-corrected chi connectivity index (χ0v) is 12.9. The molecule has 5 heteroatoms. The van der Waals surface area contributed by atoms with Gasteiger partial charge in [0.15, 0.2) is 0 Å². The summed E-state index contributed by atoms with van der Waals surface area (Å²) >= 11 is 18.1. The van der Waals surface area contributed by atoms with E-state index in [0.717, 1.165) is 31.7 Å². The molecule has 1 atom stereocenters. The Balaban J connectivity index is 2.51. The number of hydrogen-bond acceptors (Lipinski definition) is 2. The summed E-state index contributed by atoms with van der Waals surface area (Å²) in [6.45, 7) is 6.44. The summed E-state index contributed by atoms with van der Waals surface area (Å²) < 4.78 is 5.27. The molecular weight excluding hydrogens is 293 g/mol. The highest BCUT2D eigenvalue weighted by Crippen LogP contribution is 2.35. The molecule has 0 bridgehead atoms. The van der Waals surface area contributed by atoms with E-state index in [4.69, 9.17) is 39.5 Å². The van der Waals surface area contributed by atoms with Gasteiger partial charge in [0.05, 0.1) is 15.1 Å². The van der Waals surface area contributed by atoms with E-state index in [9.17, 15) is 0 Å². The van der Waals surface area contributed by atoms with E-state index >= 15 is 0 Å². The molecule has 0 aromatic heterocycles. The minimum absolute atomic E-state index is 0.133. The van der Waals surface area contributed by atoms with Gasteiger partial charge in [0.2, 0.25) is 0 Å². The van der Waals surface area contributed by atoms with E-state index in [2.05, 4.69) is 5.32 Å². The van der Waals surface area contributed by atoms with Crippen LogP contribution in [0.15, 0.2) is 12.1 Å². The second kappa shape index (κ2) is 8.23. The lowest BCUT2D eigenvalue weighted by atomic mass is 10.1. The van der Waals surface area contributed by atoms with Gasteiger partial charge in [-0.05, 0) is 38.4 Å². The molecule has 0 aliphatic heterocycles. The van der Waals surface area contributed by atoms with Crippen LogP contribution in [0.2, 0.25) is 15.1 Å². The highest BCUT2D eigenvalue weighted by Gasteiger charge is 2.13. The van der Waals surface area contributed by atoms with Crippen molar-refractivity contribution in [1.82, 2.24) is 5.32 Å². The van der Waals surface area contributed by atoms with Gasteiger partial charge in [0.1, 0.15) is 0 Å². The van der Waals surface area contributed by atoms with Crippen molar-refractivity contribution in [2.24, 2.45) is 0 Å². The topological polar surface area (TPSA) is 21.3 Å². The van der Waals surface area contributed by atoms with Gasteiger partial charge in [-0.1, -0.05) is 40.9 Å². The highest BCUT2D eigenvalue weighted by atomic mass is 35.5. The van der Waals surface area contributed by atoms with Crippen molar-refractivity contribution in [3.05, 3.63) is 32.8 Å². The van der Waals surface area contributed by atoms with E-state index in [1.807, 2.05) is 19.9 Å². The van der Waals surface area contributed by atoms with Crippen LogP contribution in [0.25, 0.3) is 0 Å². The minimum Gasteiger partial charge on any atom is -0.382 e. The molecular formula is C13H18Cl3NO. The number of ether oxygens (including phenoxy) is 1. The molecule has 0 aliphatic carbocycles. The van der Waals surface area contributed by atoms with Gasteiger partial charge in [-0.3, -0.25) is 0 Å². The Bertz CT molecular complexity index is 385. The Kier molecular flexibility index (Phi) is 7.35. The second-order valence-corrected chi connectivity index (χ2v) is 5.15. The zero-order valence-electron chi connectivity index (χ0n) is 10.6. The molecule has 2 nitrogen and oxygen atoms in total. The SMILES string of the molecule is CCOCCCNC(C)c1ccc(Cl)c(Cl)c1Cl. The largest absolute Gasteiger partial charge is 0.382 e. The summed E-state index contributed by atoms with van der Waals surface area (Å²) in [7, 11) is 0. The van der Waals surface area contributed by atoms with Crippen LogP contribution in [-0.2, 0) is 4.74 Å². The van der Waals surface area contributed by atoms with Crippen molar-refractivity contribution in [1.29, 1.82) is 0 Å². The van der Waals surface area contributed by atoms with Gasteiger partial charge >= 0.3 is 0 Å². The molecule has 1 unspecified atom stereocenters. The minimum atomic E-state index is 0.133. The average Bonchev–Trinajstić information content (AvgIpc) is 2.35. The van der Waals surface area contributed by atoms with Crippen LogP contribution < -0.4 is 5.32 Å². The molecule has 1 N–H and O–H groups in total. The first kappa shape index (κ1) is 16.1. The lowest BCUT2D eigenvalue weighted by Crippen LogP contribution is -2.21. The summed E-state index contributed by atoms with van der Waals surface area (Å²) in [4.78, 5) is 0. The van der Waals surface area contributed by atoms with Crippen LogP contribution in [0.5, 0.6) is 0 Å². The Hall–Kier alpha value is 0.01000. The average molecular weight is 311 g/mol. The third-order valence-electron chi connectivity index (χ3n) is 2.65. The number of benzene rings is 1.